The van der Waals surface area contributed by atoms with Gasteiger partial charge < -0.3 is 9.64 Å². The number of aromatic nitrogens is 5. The molecule has 0 bridgehead atoms. The molecule has 4 aromatic rings. The van der Waals surface area contributed by atoms with Gasteiger partial charge in [0.15, 0.2) is 5.82 Å². The normalized spacial score (nSPS) is 18.3. The first-order chi connectivity index (χ1) is 17.3. The number of fused-ring (bicyclic) bond motifs is 1. The fraction of sp³-hybridized carbons (Fsp3) is 0.407. The van der Waals surface area contributed by atoms with Gasteiger partial charge in [0.1, 0.15) is 5.75 Å². The minimum Gasteiger partial charge on any atom is -0.497 e. The van der Waals surface area contributed by atoms with Crippen LogP contribution in [0.5, 0.6) is 5.75 Å². The Morgan fingerprint density at radius 3 is 2.51 bits per heavy atom. The Labute approximate surface area is 205 Å². The number of nitrogens with zero attached hydrogens (tertiary/aromatic N) is 7. The van der Waals surface area contributed by atoms with Crippen LogP contribution in [-0.4, -0.2) is 63.4 Å². The summed E-state index contributed by atoms with van der Waals surface area (Å²) in [5.74, 6) is 1.84. The average molecular weight is 470 g/mol. The van der Waals surface area contributed by atoms with Crippen molar-refractivity contribution in [3.8, 4) is 5.75 Å². The van der Waals surface area contributed by atoms with Crippen LogP contribution in [0, 0.1) is 0 Å². The average Bonchev–Trinajstić information content (AvgIpc) is 3.62. The number of hydrogen-bond acceptors (Lipinski definition) is 7. The molecule has 0 N–H and O–H groups in total. The summed E-state index contributed by atoms with van der Waals surface area (Å²) in [6.45, 7) is 3.75. The predicted molar refractivity (Wildman–Crippen MR) is 136 cm³/mol. The van der Waals surface area contributed by atoms with E-state index >= 15 is 0 Å². The quantitative estimate of drug-likeness (QED) is 0.418. The monoisotopic (exact) mass is 469 g/mol. The molecule has 1 saturated heterocycles. The molecule has 1 saturated carbocycles. The minimum atomic E-state index is 0.00761. The lowest BCUT2D eigenvalue weighted by atomic mass is 10.0. The molecule has 8 heteroatoms. The highest BCUT2D eigenvalue weighted by molar-refractivity contribution is 5.79. The summed E-state index contributed by atoms with van der Waals surface area (Å²) in [5, 5.41) is 14.4. The molecule has 8 nitrogen and oxygen atoms in total. The number of benzene rings is 2. The van der Waals surface area contributed by atoms with Gasteiger partial charge >= 0.3 is 0 Å². The first-order valence-electron chi connectivity index (χ1n) is 12.6. The topological polar surface area (TPSA) is 72.2 Å². The molecule has 0 unspecified atom stereocenters. The molecule has 0 radical (unpaired) electrons. The van der Waals surface area contributed by atoms with Crippen LogP contribution in [0.4, 0.5) is 5.69 Å². The summed E-state index contributed by atoms with van der Waals surface area (Å²) in [6, 6.07) is 19.5. The number of pyridine rings is 1. The van der Waals surface area contributed by atoms with Gasteiger partial charge in [0.05, 0.1) is 24.7 Å². The largest absolute Gasteiger partial charge is 0.497 e. The molecule has 2 aromatic heterocycles. The maximum Gasteiger partial charge on any atom is 0.173 e. The molecule has 2 fully saturated rings. The Morgan fingerprint density at radius 2 is 1.74 bits per heavy atom. The molecule has 1 aliphatic heterocycles. The number of hydrogen-bond donors (Lipinski definition) is 0. The molecule has 35 heavy (non-hydrogen) atoms. The van der Waals surface area contributed by atoms with Crippen LogP contribution in [0.1, 0.15) is 49.2 Å². The molecule has 3 heterocycles. The van der Waals surface area contributed by atoms with Crippen molar-refractivity contribution in [2.45, 2.75) is 37.8 Å². The second-order valence-electron chi connectivity index (χ2n) is 9.50. The number of anilines is 1. The van der Waals surface area contributed by atoms with Crippen molar-refractivity contribution in [2.24, 2.45) is 0 Å². The van der Waals surface area contributed by atoms with E-state index in [-0.39, 0.29) is 6.04 Å². The fourth-order valence-electron chi connectivity index (χ4n) is 5.61. The first kappa shape index (κ1) is 22.0. The van der Waals surface area contributed by atoms with Gasteiger partial charge in [-0.05, 0) is 71.3 Å². The smallest absolute Gasteiger partial charge is 0.173 e. The first-order valence-corrected chi connectivity index (χ1v) is 12.6. The van der Waals surface area contributed by atoms with E-state index in [1.54, 1.807) is 7.11 Å². The van der Waals surface area contributed by atoms with Gasteiger partial charge in [-0.2, -0.15) is 0 Å². The zero-order chi connectivity index (χ0) is 23.6. The van der Waals surface area contributed by atoms with Gasteiger partial charge in [0, 0.05) is 43.4 Å². The van der Waals surface area contributed by atoms with Crippen molar-refractivity contribution in [3.63, 3.8) is 0 Å². The third-order valence-corrected chi connectivity index (χ3v) is 7.49. The third-order valence-electron chi connectivity index (χ3n) is 7.49. The molecule has 2 aliphatic rings. The van der Waals surface area contributed by atoms with Crippen LogP contribution in [0.15, 0.2) is 60.8 Å². The summed E-state index contributed by atoms with van der Waals surface area (Å²) >= 11 is 0. The number of ether oxygens (including phenoxy) is 1. The molecule has 2 aromatic carbocycles. The minimum absolute atomic E-state index is 0.00761. The predicted octanol–water partition coefficient (Wildman–Crippen LogP) is 4.26. The highest BCUT2D eigenvalue weighted by Crippen LogP contribution is 2.35. The van der Waals surface area contributed by atoms with Crippen LogP contribution in [0.2, 0.25) is 0 Å². The summed E-state index contributed by atoms with van der Waals surface area (Å²) in [7, 11) is 1.70. The lowest BCUT2D eigenvalue weighted by molar-refractivity contribution is 0.198. The summed E-state index contributed by atoms with van der Waals surface area (Å²) in [5.41, 5.74) is 3.46. The lowest BCUT2D eigenvalue weighted by Crippen LogP contribution is -2.48. The second-order valence-corrected chi connectivity index (χ2v) is 9.50. The van der Waals surface area contributed by atoms with Crippen molar-refractivity contribution in [3.05, 3.63) is 72.2 Å². The highest BCUT2D eigenvalue weighted by atomic mass is 16.5. The molecule has 6 rings (SSSR count). The zero-order valence-corrected chi connectivity index (χ0v) is 20.1. The fourth-order valence-corrected chi connectivity index (χ4v) is 5.61. The maximum atomic E-state index is 5.33. The van der Waals surface area contributed by atoms with Crippen molar-refractivity contribution in [1.82, 2.24) is 30.1 Å². The summed E-state index contributed by atoms with van der Waals surface area (Å²) in [6.07, 6.45) is 6.64. The van der Waals surface area contributed by atoms with E-state index in [4.69, 9.17) is 4.74 Å². The Bertz CT molecular complexity index is 1270. The van der Waals surface area contributed by atoms with Crippen LogP contribution in [-0.2, 0) is 0 Å². The standard InChI is InChI=1S/C27H31N7O/c1-35-24-11-9-22(10-12-24)32-15-17-33(18-16-32)26(21-8-13-25-20(19-21)5-4-14-28-25)27-29-30-31-34(27)23-6-2-3-7-23/h4-5,8-14,19,23,26H,2-3,6-7,15-18H2,1H3/t26-/m0/s1. The van der Waals surface area contributed by atoms with Crippen LogP contribution >= 0.6 is 0 Å². The van der Waals surface area contributed by atoms with E-state index in [0.29, 0.717) is 6.04 Å². The molecule has 1 atom stereocenters. The van der Waals surface area contributed by atoms with E-state index in [1.165, 1.54) is 24.1 Å². The molecule has 0 spiro atoms. The van der Waals surface area contributed by atoms with Gasteiger partial charge in [-0.15, -0.1) is 5.10 Å². The van der Waals surface area contributed by atoms with E-state index in [9.17, 15) is 0 Å². The van der Waals surface area contributed by atoms with Crippen molar-refractivity contribution in [2.75, 3.05) is 38.2 Å². The van der Waals surface area contributed by atoms with Crippen LogP contribution in [0.25, 0.3) is 10.9 Å². The number of tetrazole rings is 1. The van der Waals surface area contributed by atoms with Crippen LogP contribution < -0.4 is 9.64 Å². The van der Waals surface area contributed by atoms with Crippen molar-refractivity contribution < 1.29 is 4.74 Å². The van der Waals surface area contributed by atoms with E-state index < -0.39 is 0 Å². The van der Waals surface area contributed by atoms with Gasteiger partial charge in [0.2, 0.25) is 0 Å². The van der Waals surface area contributed by atoms with E-state index in [0.717, 1.165) is 61.5 Å². The maximum absolute atomic E-state index is 5.33. The number of methoxy groups -OCH3 is 1. The summed E-state index contributed by atoms with van der Waals surface area (Å²) in [4.78, 5) is 9.50. The Hall–Kier alpha value is -3.52. The number of piperazine rings is 1. The van der Waals surface area contributed by atoms with Crippen molar-refractivity contribution >= 4 is 16.6 Å². The van der Waals surface area contributed by atoms with Gasteiger partial charge in [0.25, 0.3) is 0 Å². The third kappa shape index (κ3) is 4.34. The van der Waals surface area contributed by atoms with Gasteiger partial charge in [-0.3, -0.25) is 9.88 Å². The molecule has 0 amide bonds. The highest BCUT2D eigenvalue weighted by Gasteiger charge is 2.33. The Balaban J connectivity index is 1.31. The van der Waals surface area contributed by atoms with Gasteiger partial charge in [-0.25, -0.2) is 4.68 Å². The Morgan fingerprint density at radius 1 is 0.943 bits per heavy atom. The lowest BCUT2D eigenvalue weighted by Gasteiger charge is -2.40. The van der Waals surface area contributed by atoms with Gasteiger partial charge in [-0.1, -0.05) is 25.0 Å². The Kier molecular flexibility index (Phi) is 6.04. The zero-order valence-electron chi connectivity index (χ0n) is 20.1. The second kappa shape index (κ2) is 9.62. The molecule has 1 aliphatic carbocycles. The SMILES string of the molecule is COc1ccc(N2CCN([C@@H](c3ccc4ncccc4c3)c3nnnn3C3CCCC3)CC2)cc1. The van der Waals surface area contributed by atoms with E-state index in [2.05, 4.69) is 71.4 Å². The van der Waals surface area contributed by atoms with Crippen molar-refractivity contribution in [1.29, 1.82) is 0 Å². The van der Waals surface area contributed by atoms with E-state index in [1.807, 2.05) is 24.4 Å². The molecule has 180 valence electrons. The van der Waals surface area contributed by atoms with Crippen LogP contribution in [0.3, 0.4) is 0 Å². The number of rotatable bonds is 6. The molecular weight excluding hydrogens is 438 g/mol. The molecular formula is C27H31N7O. The summed E-state index contributed by atoms with van der Waals surface area (Å²) < 4.78 is 7.44.